The highest BCUT2D eigenvalue weighted by Crippen LogP contribution is 2.46. The van der Waals surface area contributed by atoms with Gasteiger partial charge in [0.05, 0.1) is 37.5 Å². The summed E-state index contributed by atoms with van der Waals surface area (Å²) in [5.74, 6) is -0.0642. The molecule has 1 aromatic carbocycles. The van der Waals surface area contributed by atoms with E-state index in [-0.39, 0.29) is 33.7 Å². The van der Waals surface area contributed by atoms with Crippen molar-refractivity contribution in [3.8, 4) is 11.5 Å². The van der Waals surface area contributed by atoms with Gasteiger partial charge in [-0.05, 0) is 19.4 Å². The number of halogens is 2. The van der Waals surface area contributed by atoms with E-state index in [9.17, 15) is 9.59 Å². The van der Waals surface area contributed by atoms with Crippen LogP contribution in [0.3, 0.4) is 0 Å². The van der Waals surface area contributed by atoms with Gasteiger partial charge >= 0.3 is 12.0 Å². The third kappa shape index (κ3) is 3.83. The van der Waals surface area contributed by atoms with Crippen molar-refractivity contribution < 1.29 is 23.8 Å². The quantitative estimate of drug-likeness (QED) is 0.709. The Morgan fingerprint density at radius 3 is 2.46 bits per heavy atom. The van der Waals surface area contributed by atoms with Crippen LogP contribution in [0.5, 0.6) is 11.5 Å². The molecule has 0 saturated heterocycles. The summed E-state index contributed by atoms with van der Waals surface area (Å²) in [5, 5.41) is 5.63. The zero-order valence-corrected chi connectivity index (χ0v) is 16.4. The third-order valence-corrected chi connectivity index (χ3v) is 4.43. The molecule has 0 aliphatic carbocycles. The first-order chi connectivity index (χ1) is 12.3. The molecule has 0 aromatic heterocycles. The number of allylic oxidation sites excluding steroid dienone is 1. The van der Waals surface area contributed by atoms with Gasteiger partial charge in [-0.25, -0.2) is 9.59 Å². The van der Waals surface area contributed by atoms with Gasteiger partial charge in [-0.15, -0.1) is 0 Å². The van der Waals surface area contributed by atoms with Crippen molar-refractivity contribution in [1.82, 2.24) is 10.6 Å². The summed E-state index contributed by atoms with van der Waals surface area (Å²) in [6.45, 7) is 3.77. The lowest BCUT2D eigenvalue weighted by molar-refractivity contribution is -0.139. The number of carbonyl (C=O) groups is 2. The molecule has 1 aromatic rings. The highest BCUT2D eigenvalue weighted by atomic mass is 35.5. The second kappa shape index (κ2) is 8.51. The van der Waals surface area contributed by atoms with Gasteiger partial charge in [0.25, 0.3) is 0 Å². The molecule has 7 nitrogen and oxygen atoms in total. The number of benzene rings is 1. The van der Waals surface area contributed by atoms with Gasteiger partial charge in [-0.1, -0.05) is 30.1 Å². The predicted molar refractivity (Wildman–Crippen MR) is 97.9 cm³/mol. The second-order valence-corrected chi connectivity index (χ2v) is 6.32. The number of urea groups is 1. The Bertz CT molecular complexity index is 764. The van der Waals surface area contributed by atoms with Gasteiger partial charge in [-0.3, -0.25) is 0 Å². The molecule has 1 aliphatic rings. The van der Waals surface area contributed by atoms with Crippen LogP contribution in [0.15, 0.2) is 17.3 Å². The average molecular weight is 403 g/mol. The van der Waals surface area contributed by atoms with Crippen molar-refractivity contribution in [3.05, 3.63) is 32.9 Å². The summed E-state index contributed by atoms with van der Waals surface area (Å²) in [5.41, 5.74) is 1.04. The summed E-state index contributed by atoms with van der Waals surface area (Å²) in [6.07, 6.45) is 0.673. The molecule has 1 aliphatic heterocycles. The highest BCUT2D eigenvalue weighted by molar-refractivity contribution is 6.38. The molecule has 0 radical (unpaired) electrons. The van der Waals surface area contributed by atoms with E-state index in [4.69, 9.17) is 37.4 Å². The first-order valence-electron chi connectivity index (χ1n) is 7.90. The second-order valence-electron chi connectivity index (χ2n) is 5.53. The SMILES string of the molecule is CCCOC(=O)C1=C(C)NC(=O)NC1c1cc(Cl)c(OC)c(Cl)c1OC. The molecule has 2 amide bonds. The third-order valence-electron chi connectivity index (χ3n) is 3.81. The Kier molecular flexibility index (Phi) is 6.61. The van der Waals surface area contributed by atoms with E-state index in [0.717, 1.165) is 0 Å². The number of esters is 1. The number of hydrogen-bond acceptors (Lipinski definition) is 5. The fourth-order valence-corrected chi connectivity index (χ4v) is 3.38. The van der Waals surface area contributed by atoms with Crippen LogP contribution in [0.2, 0.25) is 10.0 Å². The monoisotopic (exact) mass is 402 g/mol. The van der Waals surface area contributed by atoms with E-state index in [0.29, 0.717) is 17.7 Å². The molecule has 0 bridgehead atoms. The highest BCUT2D eigenvalue weighted by Gasteiger charge is 2.35. The van der Waals surface area contributed by atoms with Gasteiger partial charge in [0, 0.05) is 11.3 Å². The number of nitrogens with one attached hydrogen (secondary N) is 2. The number of amides is 2. The maximum absolute atomic E-state index is 12.5. The van der Waals surface area contributed by atoms with E-state index in [1.807, 2.05) is 6.92 Å². The minimum Gasteiger partial charge on any atom is -0.495 e. The lowest BCUT2D eigenvalue weighted by atomic mass is 9.94. The first-order valence-corrected chi connectivity index (χ1v) is 8.66. The van der Waals surface area contributed by atoms with Crippen LogP contribution >= 0.6 is 23.2 Å². The van der Waals surface area contributed by atoms with Gasteiger partial charge in [0.2, 0.25) is 0 Å². The lowest BCUT2D eigenvalue weighted by Gasteiger charge is -2.29. The van der Waals surface area contributed by atoms with Crippen molar-refractivity contribution in [1.29, 1.82) is 0 Å². The number of methoxy groups -OCH3 is 2. The first kappa shape index (κ1) is 20.2. The molecule has 0 fully saturated rings. The Morgan fingerprint density at radius 2 is 1.88 bits per heavy atom. The smallest absolute Gasteiger partial charge is 0.338 e. The van der Waals surface area contributed by atoms with Gasteiger partial charge in [-0.2, -0.15) is 0 Å². The summed E-state index contributed by atoms with van der Waals surface area (Å²) >= 11 is 12.6. The molecule has 26 heavy (non-hydrogen) atoms. The van der Waals surface area contributed by atoms with Crippen molar-refractivity contribution >= 4 is 35.2 Å². The molecule has 1 heterocycles. The van der Waals surface area contributed by atoms with E-state index in [1.165, 1.54) is 14.2 Å². The van der Waals surface area contributed by atoms with Crippen LogP contribution in [0.25, 0.3) is 0 Å². The summed E-state index contributed by atoms with van der Waals surface area (Å²) in [6, 6.07) is 0.232. The van der Waals surface area contributed by atoms with E-state index in [1.54, 1.807) is 13.0 Å². The van der Waals surface area contributed by atoms with Crippen LogP contribution in [-0.2, 0) is 9.53 Å². The Labute approximate surface area is 161 Å². The van der Waals surface area contributed by atoms with Crippen LogP contribution in [0.4, 0.5) is 4.79 Å². The van der Waals surface area contributed by atoms with E-state index < -0.39 is 18.0 Å². The number of hydrogen-bond donors (Lipinski definition) is 2. The maximum Gasteiger partial charge on any atom is 0.338 e. The van der Waals surface area contributed by atoms with Crippen LogP contribution in [-0.4, -0.2) is 32.8 Å². The predicted octanol–water partition coefficient (Wildman–Crippen LogP) is 3.59. The molecule has 0 saturated carbocycles. The molecule has 1 atom stereocenters. The summed E-state index contributed by atoms with van der Waals surface area (Å²) in [4.78, 5) is 24.5. The van der Waals surface area contributed by atoms with Crippen molar-refractivity contribution in [3.63, 3.8) is 0 Å². The largest absolute Gasteiger partial charge is 0.495 e. The van der Waals surface area contributed by atoms with Crippen LogP contribution in [0.1, 0.15) is 31.9 Å². The summed E-state index contributed by atoms with van der Waals surface area (Å²) < 4.78 is 15.8. The van der Waals surface area contributed by atoms with Gasteiger partial charge in [0.15, 0.2) is 5.75 Å². The van der Waals surface area contributed by atoms with E-state index in [2.05, 4.69) is 10.6 Å². The van der Waals surface area contributed by atoms with Crippen molar-refractivity contribution in [2.45, 2.75) is 26.3 Å². The Morgan fingerprint density at radius 1 is 1.23 bits per heavy atom. The zero-order valence-electron chi connectivity index (χ0n) is 14.9. The molecule has 9 heteroatoms. The van der Waals surface area contributed by atoms with Crippen LogP contribution < -0.4 is 20.1 Å². The molecule has 142 valence electrons. The fraction of sp³-hybridized carbons (Fsp3) is 0.412. The van der Waals surface area contributed by atoms with Crippen molar-refractivity contribution in [2.75, 3.05) is 20.8 Å². The zero-order chi connectivity index (χ0) is 19.4. The van der Waals surface area contributed by atoms with Gasteiger partial charge in [0.1, 0.15) is 10.8 Å². The number of ether oxygens (including phenoxy) is 3. The van der Waals surface area contributed by atoms with Crippen molar-refractivity contribution in [2.24, 2.45) is 0 Å². The molecule has 0 spiro atoms. The van der Waals surface area contributed by atoms with E-state index >= 15 is 0 Å². The standard InChI is InChI=1S/C17H20Cl2N2O5/c1-5-6-26-16(22)11-8(2)20-17(23)21-13(11)9-7-10(18)15(25-4)12(19)14(9)24-3/h7,13H,5-6H2,1-4H3,(H2,20,21,23). The molecular formula is C17H20Cl2N2O5. The topological polar surface area (TPSA) is 85.9 Å². The fourth-order valence-electron chi connectivity index (χ4n) is 2.68. The normalized spacial score (nSPS) is 16.7. The molecule has 1 unspecified atom stereocenters. The van der Waals surface area contributed by atoms with Crippen LogP contribution in [0, 0.1) is 0 Å². The molecule has 2 rings (SSSR count). The Hall–Kier alpha value is -2.12. The summed E-state index contributed by atoms with van der Waals surface area (Å²) in [7, 11) is 2.85. The minimum absolute atomic E-state index is 0.143. The molecule has 2 N–H and O–H groups in total. The average Bonchev–Trinajstić information content (AvgIpc) is 2.58. The Balaban J connectivity index is 2.61. The maximum atomic E-state index is 12.5. The number of rotatable bonds is 6. The molecular weight excluding hydrogens is 383 g/mol. The lowest BCUT2D eigenvalue weighted by Crippen LogP contribution is -2.45. The van der Waals surface area contributed by atoms with Gasteiger partial charge < -0.3 is 24.8 Å². The number of carbonyl (C=O) groups excluding carboxylic acids is 2. The minimum atomic E-state index is -0.844.